The molecule has 2 aromatic rings. The standard InChI is InChI=1S/C13H15N3O3/c1-19-7-6-16-13(18)10(9-17)8-12(15-16)11-4-2-3-5-14-11/h2-5,8,17H,6-7,9H2,1H3. The maximum Gasteiger partial charge on any atom is 0.272 e. The summed E-state index contributed by atoms with van der Waals surface area (Å²) in [6.45, 7) is 0.390. The molecule has 0 fully saturated rings. The Morgan fingerprint density at radius 2 is 2.21 bits per heavy atom. The highest BCUT2D eigenvalue weighted by Gasteiger charge is 2.09. The van der Waals surface area contributed by atoms with Gasteiger partial charge in [0.2, 0.25) is 0 Å². The first-order chi connectivity index (χ1) is 9.26. The molecule has 0 radical (unpaired) electrons. The molecule has 2 aromatic heterocycles. The molecular formula is C13H15N3O3. The lowest BCUT2D eigenvalue weighted by Crippen LogP contribution is -2.28. The van der Waals surface area contributed by atoms with Crippen molar-refractivity contribution in [2.75, 3.05) is 13.7 Å². The summed E-state index contributed by atoms with van der Waals surface area (Å²) in [4.78, 5) is 16.1. The van der Waals surface area contributed by atoms with E-state index in [2.05, 4.69) is 10.1 Å². The van der Waals surface area contributed by atoms with Gasteiger partial charge >= 0.3 is 0 Å². The summed E-state index contributed by atoms with van der Waals surface area (Å²) in [6, 6.07) is 7.01. The third-order valence-electron chi connectivity index (χ3n) is 2.65. The zero-order valence-corrected chi connectivity index (χ0v) is 10.6. The highest BCUT2D eigenvalue weighted by atomic mass is 16.5. The maximum atomic E-state index is 12.0. The largest absolute Gasteiger partial charge is 0.391 e. The number of pyridine rings is 1. The van der Waals surface area contributed by atoms with E-state index < -0.39 is 0 Å². The second-order valence-corrected chi connectivity index (χ2v) is 3.95. The molecule has 0 aliphatic carbocycles. The molecule has 19 heavy (non-hydrogen) atoms. The topological polar surface area (TPSA) is 77.2 Å². The molecule has 1 N–H and O–H groups in total. The molecule has 0 amide bonds. The number of hydrogen-bond acceptors (Lipinski definition) is 5. The molecule has 0 bridgehead atoms. The van der Waals surface area contributed by atoms with Crippen molar-refractivity contribution < 1.29 is 9.84 Å². The average molecular weight is 261 g/mol. The van der Waals surface area contributed by atoms with E-state index >= 15 is 0 Å². The number of rotatable bonds is 5. The summed E-state index contributed by atoms with van der Waals surface area (Å²) in [5, 5.41) is 13.5. The predicted octanol–water partition coefficient (Wildman–Crippen LogP) is 0.444. The summed E-state index contributed by atoms with van der Waals surface area (Å²) >= 11 is 0. The summed E-state index contributed by atoms with van der Waals surface area (Å²) in [5.41, 5.74) is 1.20. The number of ether oxygens (including phenoxy) is 1. The normalized spacial score (nSPS) is 10.6. The molecule has 6 nitrogen and oxygen atoms in total. The van der Waals surface area contributed by atoms with Gasteiger partial charge in [0.05, 0.1) is 25.5 Å². The van der Waals surface area contributed by atoms with Crippen LogP contribution in [0.25, 0.3) is 11.4 Å². The summed E-state index contributed by atoms with van der Waals surface area (Å²) in [7, 11) is 1.56. The number of aliphatic hydroxyl groups is 1. The highest BCUT2D eigenvalue weighted by molar-refractivity contribution is 5.53. The molecule has 0 unspecified atom stereocenters. The van der Waals surface area contributed by atoms with Gasteiger partial charge in [-0.2, -0.15) is 5.10 Å². The minimum Gasteiger partial charge on any atom is -0.391 e. The van der Waals surface area contributed by atoms with Gasteiger partial charge in [0, 0.05) is 18.9 Å². The Bertz CT molecular complexity index is 596. The Labute approximate surface area is 110 Å². The van der Waals surface area contributed by atoms with Crippen LogP contribution in [0.4, 0.5) is 0 Å². The van der Waals surface area contributed by atoms with E-state index in [0.29, 0.717) is 30.1 Å². The summed E-state index contributed by atoms with van der Waals surface area (Å²) in [6.07, 6.45) is 1.65. The van der Waals surface area contributed by atoms with Crippen molar-refractivity contribution in [3.63, 3.8) is 0 Å². The molecule has 2 heterocycles. The average Bonchev–Trinajstić information content (AvgIpc) is 2.47. The highest BCUT2D eigenvalue weighted by Crippen LogP contribution is 2.12. The van der Waals surface area contributed by atoms with Gasteiger partial charge in [-0.25, -0.2) is 4.68 Å². The van der Waals surface area contributed by atoms with Gasteiger partial charge in [0.25, 0.3) is 5.56 Å². The molecule has 6 heteroatoms. The molecule has 0 aliphatic rings. The molecule has 0 spiro atoms. The molecule has 0 aromatic carbocycles. The van der Waals surface area contributed by atoms with E-state index in [-0.39, 0.29) is 12.2 Å². The van der Waals surface area contributed by atoms with Crippen molar-refractivity contribution in [3.8, 4) is 11.4 Å². The van der Waals surface area contributed by atoms with Crippen LogP contribution >= 0.6 is 0 Å². The van der Waals surface area contributed by atoms with Gasteiger partial charge in [-0.15, -0.1) is 0 Å². The number of methoxy groups -OCH3 is 1. The Hall–Kier alpha value is -2.05. The first-order valence-electron chi connectivity index (χ1n) is 5.88. The van der Waals surface area contributed by atoms with E-state index in [1.165, 1.54) is 4.68 Å². The van der Waals surface area contributed by atoms with Crippen LogP contribution < -0.4 is 5.56 Å². The molecular weight excluding hydrogens is 246 g/mol. The lowest BCUT2D eigenvalue weighted by Gasteiger charge is -2.08. The molecule has 0 atom stereocenters. The van der Waals surface area contributed by atoms with Gasteiger partial charge < -0.3 is 9.84 Å². The fraction of sp³-hybridized carbons (Fsp3) is 0.308. The van der Waals surface area contributed by atoms with Crippen molar-refractivity contribution in [2.45, 2.75) is 13.2 Å². The summed E-state index contributed by atoms with van der Waals surface area (Å²) in [5.74, 6) is 0. The number of aromatic nitrogens is 3. The van der Waals surface area contributed by atoms with Crippen LogP contribution in [0, 0.1) is 0 Å². The smallest absolute Gasteiger partial charge is 0.272 e. The van der Waals surface area contributed by atoms with Crippen LogP contribution in [-0.4, -0.2) is 33.6 Å². The van der Waals surface area contributed by atoms with E-state index in [1.807, 2.05) is 6.07 Å². The zero-order valence-electron chi connectivity index (χ0n) is 10.6. The van der Waals surface area contributed by atoms with Crippen LogP contribution in [0.15, 0.2) is 35.3 Å². The Morgan fingerprint density at radius 1 is 1.37 bits per heavy atom. The maximum absolute atomic E-state index is 12.0. The Kier molecular flexibility index (Phi) is 4.38. The SMILES string of the molecule is COCCn1nc(-c2ccccn2)cc(CO)c1=O. The van der Waals surface area contributed by atoms with E-state index in [4.69, 9.17) is 4.74 Å². The minimum absolute atomic E-state index is 0.298. The molecule has 0 saturated heterocycles. The fourth-order valence-electron chi connectivity index (χ4n) is 1.68. The van der Waals surface area contributed by atoms with E-state index in [9.17, 15) is 9.90 Å². The van der Waals surface area contributed by atoms with Crippen LogP contribution in [0.1, 0.15) is 5.56 Å². The monoisotopic (exact) mass is 261 g/mol. The van der Waals surface area contributed by atoms with E-state index in [0.717, 1.165) is 0 Å². The van der Waals surface area contributed by atoms with Gasteiger partial charge in [-0.05, 0) is 18.2 Å². The van der Waals surface area contributed by atoms with Gasteiger partial charge in [0.15, 0.2) is 0 Å². The van der Waals surface area contributed by atoms with Gasteiger partial charge in [0.1, 0.15) is 5.69 Å². The van der Waals surface area contributed by atoms with E-state index in [1.54, 1.807) is 31.5 Å². The zero-order chi connectivity index (χ0) is 13.7. The van der Waals surface area contributed by atoms with Crippen molar-refractivity contribution >= 4 is 0 Å². The Balaban J connectivity index is 2.48. The first-order valence-corrected chi connectivity index (χ1v) is 5.88. The van der Waals surface area contributed by atoms with Crippen LogP contribution in [0.5, 0.6) is 0 Å². The van der Waals surface area contributed by atoms with Crippen LogP contribution in [0.3, 0.4) is 0 Å². The van der Waals surface area contributed by atoms with Crippen molar-refractivity contribution in [1.82, 2.24) is 14.8 Å². The Morgan fingerprint density at radius 3 is 2.84 bits per heavy atom. The molecule has 100 valence electrons. The van der Waals surface area contributed by atoms with Crippen LogP contribution in [0.2, 0.25) is 0 Å². The van der Waals surface area contributed by atoms with Gasteiger partial charge in [-0.1, -0.05) is 6.07 Å². The second-order valence-electron chi connectivity index (χ2n) is 3.95. The lowest BCUT2D eigenvalue weighted by atomic mass is 10.2. The van der Waals surface area contributed by atoms with Crippen molar-refractivity contribution in [1.29, 1.82) is 0 Å². The predicted molar refractivity (Wildman–Crippen MR) is 69.5 cm³/mol. The van der Waals surface area contributed by atoms with Crippen molar-refractivity contribution in [2.24, 2.45) is 0 Å². The van der Waals surface area contributed by atoms with Crippen molar-refractivity contribution in [3.05, 3.63) is 46.4 Å². The minimum atomic E-state index is -0.325. The number of aliphatic hydroxyl groups excluding tert-OH is 1. The molecule has 0 saturated carbocycles. The number of nitrogens with zero attached hydrogens (tertiary/aromatic N) is 3. The quantitative estimate of drug-likeness (QED) is 0.845. The molecule has 0 aliphatic heterocycles. The summed E-state index contributed by atoms with van der Waals surface area (Å²) < 4.78 is 6.23. The third kappa shape index (κ3) is 3.04. The lowest BCUT2D eigenvalue weighted by molar-refractivity contribution is 0.181. The number of hydrogen-bond donors (Lipinski definition) is 1. The van der Waals surface area contributed by atoms with Crippen LogP contribution in [-0.2, 0) is 17.9 Å². The second kappa shape index (κ2) is 6.21. The fourth-order valence-corrected chi connectivity index (χ4v) is 1.68. The first kappa shape index (κ1) is 13.4. The van der Waals surface area contributed by atoms with Gasteiger partial charge in [-0.3, -0.25) is 9.78 Å². The molecule has 2 rings (SSSR count). The third-order valence-corrected chi connectivity index (χ3v) is 2.65.